The van der Waals surface area contributed by atoms with Gasteiger partial charge in [-0.2, -0.15) is 0 Å². The van der Waals surface area contributed by atoms with E-state index in [1.165, 1.54) is 0 Å². The van der Waals surface area contributed by atoms with E-state index >= 15 is 0 Å². The zero-order valence-electron chi connectivity index (χ0n) is 7.42. The summed E-state index contributed by atoms with van der Waals surface area (Å²) in [6, 6.07) is 0.578. The molecular formula is C8H15BFNO. The van der Waals surface area contributed by atoms with Gasteiger partial charge in [-0.15, -0.1) is 0 Å². The van der Waals surface area contributed by atoms with Gasteiger partial charge in [-0.3, -0.25) is 0 Å². The van der Waals surface area contributed by atoms with E-state index in [4.69, 9.17) is 7.85 Å². The van der Waals surface area contributed by atoms with Crippen LogP contribution in [0.1, 0.15) is 19.8 Å². The molecule has 2 radical (unpaired) electrons. The smallest absolute Gasteiger partial charge is 0.157 e. The second kappa shape index (κ2) is 4.82. The molecule has 1 N–H and O–H groups in total. The fourth-order valence-corrected chi connectivity index (χ4v) is 1.57. The number of hydrogen-bond donors (Lipinski definition) is 1. The Balaban J connectivity index is 2.11. The van der Waals surface area contributed by atoms with Crippen molar-refractivity contribution in [2.75, 3.05) is 13.2 Å². The van der Waals surface area contributed by atoms with Crippen LogP contribution in [0, 0.1) is 5.92 Å². The zero-order chi connectivity index (χ0) is 8.97. The molecule has 0 aromatic carbocycles. The number of alkyl halides is 1. The molecule has 0 aromatic rings. The molecular weight excluding hydrogens is 156 g/mol. The first-order valence-corrected chi connectivity index (χ1v) is 4.47. The largest absolute Gasteiger partial charge is 0.357 e. The van der Waals surface area contributed by atoms with E-state index in [1.54, 1.807) is 0 Å². The molecule has 1 saturated heterocycles. The normalized spacial score (nSPS) is 32.2. The van der Waals surface area contributed by atoms with Crippen LogP contribution in [-0.4, -0.2) is 33.3 Å². The topological polar surface area (TPSA) is 21.3 Å². The summed E-state index contributed by atoms with van der Waals surface area (Å²) in [6.07, 6.45) is 0.576. The molecule has 1 rings (SSSR count). The van der Waals surface area contributed by atoms with Crippen molar-refractivity contribution in [3.63, 3.8) is 0 Å². The summed E-state index contributed by atoms with van der Waals surface area (Å²) in [5.74, 6) is 0.428. The van der Waals surface area contributed by atoms with Crippen LogP contribution in [0.4, 0.5) is 4.39 Å². The third kappa shape index (κ3) is 3.11. The highest BCUT2D eigenvalue weighted by atomic mass is 19.1. The van der Waals surface area contributed by atoms with Gasteiger partial charge < -0.3 is 10.1 Å². The van der Waals surface area contributed by atoms with Crippen molar-refractivity contribution in [3.8, 4) is 0 Å². The number of halogens is 1. The highest BCUT2D eigenvalue weighted by Crippen LogP contribution is 2.16. The molecule has 1 fully saturated rings. The van der Waals surface area contributed by atoms with E-state index in [1.807, 2.05) is 0 Å². The second-order valence-electron chi connectivity index (χ2n) is 3.30. The summed E-state index contributed by atoms with van der Waals surface area (Å²) in [6.45, 7) is 3.49. The highest BCUT2D eigenvalue weighted by Gasteiger charge is 2.22. The van der Waals surface area contributed by atoms with Crippen LogP contribution in [0.3, 0.4) is 0 Å². The van der Waals surface area contributed by atoms with Crippen LogP contribution in [0.5, 0.6) is 0 Å². The Morgan fingerprint density at radius 2 is 2.50 bits per heavy atom. The molecule has 0 spiro atoms. The number of ether oxygens (including phenoxy) is 1. The van der Waals surface area contributed by atoms with E-state index in [0.717, 1.165) is 19.4 Å². The molecule has 68 valence electrons. The highest BCUT2D eigenvalue weighted by molar-refractivity contribution is 6.09. The van der Waals surface area contributed by atoms with Crippen LogP contribution in [0.15, 0.2) is 0 Å². The molecule has 3 atom stereocenters. The summed E-state index contributed by atoms with van der Waals surface area (Å²) in [4.78, 5) is 0. The van der Waals surface area contributed by atoms with Crippen LogP contribution in [0.2, 0.25) is 0 Å². The molecule has 1 aliphatic heterocycles. The monoisotopic (exact) mass is 171 g/mol. The van der Waals surface area contributed by atoms with Gasteiger partial charge in [0.1, 0.15) is 0 Å². The summed E-state index contributed by atoms with van der Waals surface area (Å²) in [5, 5.41) is 3.34. The molecule has 0 aromatic heterocycles. The Labute approximate surface area is 74.3 Å². The van der Waals surface area contributed by atoms with Gasteiger partial charge in [0.05, 0.1) is 6.61 Å². The second-order valence-corrected chi connectivity index (χ2v) is 3.30. The molecule has 0 saturated carbocycles. The number of hydrogen-bond acceptors (Lipinski definition) is 2. The zero-order valence-corrected chi connectivity index (χ0v) is 7.42. The van der Waals surface area contributed by atoms with Gasteiger partial charge in [0, 0.05) is 12.6 Å². The first kappa shape index (κ1) is 10.00. The van der Waals surface area contributed by atoms with Crippen LogP contribution >= 0.6 is 0 Å². The fourth-order valence-electron chi connectivity index (χ4n) is 1.57. The molecule has 1 aliphatic rings. The maximum Gasteiger partial charge on any atom is 0.157 e. The van der Waals surface area contributed by atoms with E-state index in [-0.39, 0.29) is 0 Å². The lowest BCUT2D eigenvalue weighted by molar-refractivity contribution is 0.00475. The quantitative estimate of drug-likeness (QED) is 0.632. The lowest BCUT2D eigenvalue weighted by atomic mass is 10.1. The molecule has 1 heterocycles. The first-order chi connectivity index (χ1) is 5.72. The Hall–Kier alpha value is -0.0851. The standard InChI is InChI=1S/C8H15BFNO/c1-2-7-3-6(4-11-7)5-12-8(9)10/h6-8,11H,2-5H2,1H3/t6?,7-,8?/m1/s1. The van der Waals surface area contributed by atoms with E-state index < -0.39 is 6.26 Å². The maximum absolute atomic E-state index is 12.1. The van der Waals surface area contributed by atoms with E-state index in [2.05, 4.69) is 17.0 Å². The van der Waals surface area contributed by atoms with Gasteiger partial charge in [0.25, 0.3) is 0 Å². The van der Waals surface area contributed by atoms with Gasteiger partial charge in [0.15, 0.2) is 14.1 Å². The van der Waals surface area contributed by atoms with Crippen molar-refractivity contribution >= 4 is 7.85 Å². The number of nitrogens with one attached hydrogen (secondary N) is 1. The lowest BCUT2D eigenvalue weighted by Crippen LogP contribution is -2.20. The third-order valence-electron chi connectivity index (χ3n) is 2.30. The number of rotatable bonds is 4. The minimum Gasteiger partial charge on any atom is -0.357 e. The summed E-state index contributed by atoms with van der Waals surface area (Å²) >= 11 is 0. The Morgan fingerprint density at radius 1 is 1.75 bits per heavy atom. The van der Waals surface area contributed by atoms with Crippen molar-refractivity contribution in [2.45, 2.75) is 32.1 Å². The third-order valence-corrected chi connectivity index (χ3v) is 2.30. The summed E-state index contributed by atoms with van der Waals surface area (Å²) < 4.78 is 16.8. The summed E-state index contributed by atoms with van der Waals surface area (Å²) in [7, 11) is 4.83. The van der Waals surface area contributed by atoms with Crippen LogP contribution < -0.4 is 5.32 Å². The van der Waals surface area contributed by atoms with Crippen LogP contribution in [0.25, 0.3) is 0 Å². The van der Waals surface area contributed by atoms with E-state index in [0.29, 0.717) is 18.6 Å². The van der Waals surface area contributed by atoms with Crippen molar-refractivity contribution < 1.29 is 9.13 Å². The van der Waals surface area contributed by atoms with Crippen LogP contribution in [-0.2, 0) is 4.74 Å². The average Bonchev–Trinajstić information content (AvgIpc) is 2.48. The predicted octanol–water partition coefficient (Wildman–Crippen LogP) is 0.813. The molecule has 0 bridgehead atoms. The van der Waals surface area contributed by atoms with Crippen molar-refractivity contribution in [1.82, 2.24) is 5.32 Å². The minimum absolute atomic E-state index is 0.428. The minimum atomic E-state index is -1.62. The van der Waals surface area contributed by atoms with E-state index in [9.17, 15) is 4.39 Å². The van der Waals surface area contributed by atoms with Gasteiger partial charge >= 0.3 is 0 Å². The molecule has 4 heteroatoms. The fraction of sp³-hybridized carbons (Fsp3) is 1.00. The first-order valence-electron chi connectivity index (χ1n) is 4.47. The Bertz CT molecular complexity index is 134. The van der Waals surface area contributed by atoms with Crippen molar-refractivity contribution in [3.05, 3.63) is 0 Å². The molecule has 12 heavy (non-hydrogen) atoms. The predicted molar refractivity (Wildman–Crippen MR) is 46.8 cm³/mol. The summed E-state index contributed by atoms with van der Waals surface area (Å²) in [5.41, 5.74) is 0. The molecule has 0 amide bonds. The Kier molecular flexibility index (Phi) is 4.02. The van der Waals surface area contributed by atoms with Gasteiger partial charge in [-0.05, 0) is 18.8 Å². The SMILES string of the molecule is [B]C(F)OCC1CN[C@H](CC)C1. The average molecular weight is 171 g/mol. The lowest BCUT2D eigenvalue weighted by Gasteiger charge is -2.10. The van der Waals surface area contributed by atoms with Gasteiger partial charge in [0.2, 0.25) is 0 Å². The van der Waals surface area contributed by atoms with Gasteiger partial charge in [-0.1, -0.05) is 6.92 Å². The molecule has 2 nitrogen and oxygen atoms in total. The molecule has 0 aliphatic carbocycles. The van der Waals surface area contributed by atoms with Gasteiger partial charge in [-0.25, -0.2) is 4.39 Å². The van der Waals surface area contributed by atoms with Crippen molar-refractivity contribution in [2.24, 2.45) is 5.92 Å². The Morgan fingerprint density at radius 3 is 3.00 bits per heavy atom. The maximum atomic E-state index is 12.1. The van der Waals surface area contributed by atoms with Crippen molar-refractivity contribution in [1.29, 1.82) is 0 Å². The molecule has 2 unspecified atom stereocenters.